The van der Waals surface area contributed by atoms with Gasteiger partial charge in [-0.2, -0.15) is 0 Å². The van der Waals surface area contributed by atoms with Crippen LogP contribution in [0, 0.1) is 17.7 Å². The first-order valence-corrected chi connectivity index (χ1v) is 12.4. The Hall–Kier alpha value is -2.00. The summed E-state index contributed by atoms with van der Waals surface area (Å²) in [5.41, 5.74) is 1.00. The minimum absolute atomic E-state index is 0.0435. The molecule has 7 nitrogen and oxygen atoms in total. The van der Waals surface area contributed by atoms with Gasteiger partial charge in [0.15, 0.2) is 0 Å². The van der Waals surface area contributed by atoms with E-state index in [1.54, 1.807) is 12.1 Å². The first-order valence-electron chi connectivity index (χ1n) is 10.5. The molecular weight excluding hydrogens is 409 g/mol. The standard InChI is InChI=1S/C21H28FN3O4S/c1-30(28,29)25-8-6-16(7-9-25)20(26)23-10-12-24(13-11-23)21(27)19-14-18(19)15-2-4-17(22)5-3-15/h2-5,16,18-19H,6-14H2,1H3/t18-,19-/m0/s1. The molecule has 0 N–H and O–H groups in total. The third-order valence-electron chi connectivity index (χ3n) is 6.58. The van der Waals surface area contributed by atoms with Crippen molar-refractivity contribution in [3.63, 3.8) is 0 Å². The van der Waals surface area contributed by atoms with E-state index in [9.17, 15) is 22.4 Å². The van der Waals surface area contributed by atoms with Gasteiger partial charge < -0.3 is 9.80 Å². The summed E-state index contributed by atoms with van der Waals surface area (Å²) in [5.74, 6) is -0.0961. The number of hydrogen-bond acceptors (Lipinski definition) is 4. The summed E-state index contributed by atoms with van der Waals surface area (Å²) in [6.07, 6.45) is 3.09. The summed E-state index contributed by atoms with van der Waals surface area (Å²) in [6, 6.07) is 6.36. The van der Waals surface area contributed by atoms with E-state index in [0.717, 1.165) is 12.0 Å². The highest BCUT2D eigenvalue weighted by Crippen LogP contribution is 2.48. The topological polar surface area (TPSA) is 78.0 Å². The lowest BCUT2D eigenvalue weighted by Gasteiger charge is -2.38. The Balaban J connectivity index is 1.25. The number of carbonyl (C=O) groups excluding carboxylic acids is 2. The number of nitrogens with zero attached hydrogens (tertiary/aromatic N) is 3. The molecule has 0 bridgehead atoms. The molecule has 1 aliphatic carbocycles. The smallest absolute Gasteiger partial charge is 0.226 e. The summed E-state index contributed by atoms with van der Waals surface area (Å²) in [5, 5.41) is 0. The lowest BCUT2D eigenvalue weighted by atomic mass is 9.96. The summed E-state index contributed by atoms with van der Waals surface area (Å²) in [4.78, 5) is 29.3. The number of piperazine rings is 1. The third kappa shape index (κ3) is 4.51. The van der Waals surface area contributed by atoms with Gasteiger partial charge in [-0.05, 0) is 42.9 Å². The second kappa shape index (κ2) is 8.26. The fourth-order valence-corrected chi connectivity index (χ4v) is 5.49. The van der Waals surface area contributed by atoms with Crippen molar-refractivity contribution in [2.24, 2.45) is 11.8 Å². The number of sulfonamides is 1. The highest BCUT2D eigenvalue weighted by molar-refractivity contribution is 7.88. The predicted molar refractivity (Wildman–Crippen MR) is 110 cm³/mol. The maximum atomic E-state index is 13.1. The van der Waals surface area contributed by atoms with E-state index in [-0.39, 0.29) is 35.4 Å². The van der Waals surface area contributed by atoms with Gasteiger partial charge in [0.1, 0.15) is 5.82 Å². The van der Waals surface area contributed by atoms with Crippen molar-refractivity contribution in [3.05, 3.63) is 35.6 Å². The van der Waals surface area contributed by atoms with Crippen LogP contribution in [0.4, 0.5) is 4.39 Å². The Kier molecular flexibility index (Phi) is 5.85. The Morgan fingerprint density at radius 1 is 0.900 bits per heavy atom. The van der Waals surface area contributed by atoms with Crippen molar-refractivity contribution < 1.29 is 22.4 Å². The SMILES string of the molecule is CS(=O)(=O)N1CCC(C(=O)N2CCN(C(=O)[C@H]3C[C@H]3c3ccc(F)cc3)CC2)CC1. The van der Waals surface area contributed by atoms with Crippen LogP contribution in [0.3, 0.4) is 0 Å². The number of hydrogen-bond donors (Lipinski definition) is 0. The molecule has 4 rings (SSSR count). The number of piperidine rings is 1. The molecule has 2 aliphatic heterocycles. The van der Waals surface area contributed by atoms with Crippen LogP contribution in [0.25, 0.3) is 0 Å². The predicted octanol–water partition coefficient (Wildman–Crippen LogP) is 1.27. The summed E-state index contributed by atoms with van der Waals surface area (Å²) >= 11 is 0. The first-order chi connectivity index (χ1) is 14.2. The number of halogens is 1. The van der Waals surface area contributed by atoms with Crippen LogP contribution < -0.4 is 0 Å². The Bertz CT molecular complexity index is 905. The zero-order chi connectivity index (χ0) is 21.5. The van der Waals surface area contributed by atoms with Gasteiger partial charge in [0.05, 0.1) is 6.26 Å². The molecule has 0 unspecified atom stereocenters. The minimum Gasteiger partial charge on any atom is -0.339 e. The highest BCUT2D eigenvalue weighted by atomic mass is 32.2. The van der Waals surface area contributed by atoms with Crippen LogP contribution >= 0.6 is 0 Å². The normalized spacial score (nSPS) is 25.9. The van der Waals surface area contributed by atoms with Gasteiger partial charge in [-0.1, -0.05) is 12.1 Å². The van der Waals surface area contributed by atoms with Crippen LogP contribution in [0.1, 0.15) is 30.7 Å². The van der Waals surface area contributed by atoms with Crippen molar-refractivity contribution in [1.29, 1.82) is 0 Å². The molecule has 3 fully saturated rings. The average molecular weight is 438 g/mol. The molecule has 1 aromatic rings. The van der Waals surface area contributed by atoms with Gasteiger partial charge in [0.2, 0.25) is 21.8 Å². The molecular formula is C21H28FN3O4S. The van der Waals surface area contributed by atoms with Crippen molar-refractivity contribution >= 4 is 21.8 Å². The molecule has 2 saturated heterocycles. The Morgan fingerprint density at radius 2 is 1.43 bits per heavy atom. The molecule has 3 aliphatic rings. The molecule has 30 heavy (non-hydrogen) atoms. The van der Waals surface area contributed by atoms with Crippen LogP contribution in [0.15, 0.2) is 24.3 Å². The second-order valence-corrected chi connectivity index (χ2v) is 10.6. The molecule has 164 valence electrons. The van der Waals surface area contributed by atoms with E-state index in [2.05, 4.69) is 0 Å². The minimum atomic E-state index is -3.20. The molecule has 1 saturated carbocycles. The molecule has 0 radical (unpaired) electrons. The van der Waals surface area contributed by atoms with Gasteiger partial charge >= 0.3 is 0 Å². The van der Waals surface area contributed by atoms with Crippen LogP contribution in [-0.4, -0.2) is 79.9 Å². The van der Waals surface area contributed by atoms with Crippen LogP contribution in [-0.2, 0) is 19.6 Å². The molecule has 2 atom stereocenters. The van der Waals surface area contributed by atoms with Gasteiger partial charge in [0, 0.05) is 51.1 Å². The average Bonchev–Trinajstić information content (AvgIpc) is 3.54. The van der Waals surface area contributed by atoms with Gasteiger partial charge in [-0.3, -0.25) is 9.59 Å². The van der Waals surface area contributed by atoms with E-state index < -0.39 is 10.0 Å². The van der Waals surface area contributed by atoms with E-state index in [1.807, 2.05) is 9.80 Å². The lowest BCUT2D eigenvalue weighted by Crippen LogP contribution is -2.53. The van der Waals surface area contributed by atoms with E-state index in [4.69, 9.17) is 0 Å². The number of rotatable bonds is 4. The van der Waals surface area contributed by atoms with E-state index in [1.165, 1.54) is 22.7 Å². The Morgan fingerprint density at radius 3 is 1.97 bits per heavy atom. The Labute approximate surface area is 176 Å². The maximum Gasteiger partial charge on any atom is 0.226 e. The van der Waals surface area contributed by atoms with E-state index >= 15 is 0 Å². The van der Waals surface area contributed by atoms with Gasteiger partial charge in [-0.25, -0.2) is 17.1 Å². The fourth-order valence-electron chi connectivity index (χ4n) is 4.62. The number of carbonyl (C=O) groups is 2. The van der Waals surface area contributed by atoms with Crippen molar-refractivity contribution in [2.75, 3.05) is 45.5 Å². The second-order valence-electron chi connectivity index (χ2n) is 8.59. The molecule has 9 heteroatoms. The molecule has 0 aromatic heterocycles. The van der Waals surface area contributed by atoms with Crippen molar-refractivity contribution in [1.82, 2.24) is 14.1 Å². The van der Waals surface area contributed by atoms with Gasteiger partial charge in [-0.15, -0.1) is 0 Å². The van der Waals surface area contributed by atoms with Crippen molar-refractivity contribution in [3.8, 4) is 0 Å². The molecule has 0 spiro atoms. The molecule has 2 amide bonds. The monoisotopic (exact) mass is 437 g/mol. The zero-order valence-electron chi connectivity index (χ0n) is 17.2. The maximum absolute atomic E-state index is 13.1. The zero-order valence-corrected chi connectivity index (χ0v) is 18.0. The van der Waals surface area contributed by atoms with Crippen LogP contribution in [0.2, 0.25) is 0 Å². The summed E-state index contributed by atoms with van der Waals surface area (Å²) < 4.78 is 37.8. The summed E-state index contributed by atoms with van der Waals surface area (Å²) in [7, 11) is -3.20. The molecule has 1 aromatic carbocycles. The lowest BCUT2D eigenvalue weighted by molar-refractivity contribution is -0.143. The van der Waals surface area contributed by atoms with Crippen LogP contribution in [0.5, 0.6) is 0 Å². The van der Waals surface area contributed by atoms with E-state index in [0.29, 0.717) is 52.1 Å². The van der Waals surface area contributed by atoms with Gasteiger partial charge in [0.25, 0.3) is 0 Å². The largest absolute Gasteiger partial charge is 0.339 e. The number of benzene rings is 1. The first kappa shape index (κ1) is 21.2. The quantitative estimate of drug-likeness (QED) is 0.711. The number of amides is 2. The van der Waals surface area contributed by atoms with Crippen molar-refractivity contribution in [2.45, 2.75) is 25.2 Å². The summed E-state index contributed by atoms with van der Waals surface area (Å²) in [6.45, 7) is 2.87. The molecule has 2 heterocycles. The fraction of sp³-hybridized carbons (Fsp3) is 0.619. The highest BCUT2D eigenvalue weighted by Gasteiger charge is 2.46. The third-order valence-corrected chi connectivity index (χ3v) is 7.88.